The molecule has 1 heterocycles. The molecule has 1 aliphatic heterocycles. The van der Waals surface area contributed by atoms with Crippen LogP contribution in [0.15, 0.2) is 24.3 Å². The quantitative estimate of drug-likeness (QED) is 0.726. The molecular formula is C12H15NO. The number of hydrogen-bond acceptors (Lipinski definition) is 1. The van der Waals surface area contributed by atoms with E-state index in [1.54, 1.807) is 0 Å². The molecule has 2 rings (SSSR count). The lowest BCUT2D eigenvalue weighted by atomic mass is 9.96. The first kappa shape index (κ1) is 9.25. The summed E-state index contributed by atoms with van der Waals surface area (Å²) in [5.41, 5.74) is 2.60. The predicted octanol–water partition coefficient (Wildman–Crippen LogP) is 2.20. The van der Waals surface area contributed by atoms with Crippen LogP contribution in [0.25, 0.3) is 0 Å². The average molecular weight is 189 g/mol. The van der Waals surface area contributed by atoms with Crippen LogP contribution in [0.4, 0.5) is 0 Å². The van der Waals surface area contributed by atoms with Gasteiger partial charge in [0.1, 0.15) is 0 Å². The van der Waals surface area contributed by atoms with Gasteiger partial charge in [0.25, 0.3) is 0 Å². The molecular weight excluding hydrogens is 174 g/mol. The van der Waals surface area contributed by atoms with Crippen molar-refractivity contribution in [1.82, 2.24) is 5.32 Å². The van der Waals surface area contributed by atoms with Crippen LogP contribution in [-0.2, 0) is 11.2 Å². The molecule has 0 bridgehead atoms. The summed E-state index contributed by atoms with van der Waals surface area (Å²) in [6, 6.07) is 8.81. The highest BCUT2D eigenvalue weighted by Crippen LogP contribution is 2.23. The Morgan fingerprint density at radius 3 is 2.50 bits per heavy atom. The number of carbonyl (C=O) groups is 1. The Morgan fingerprint density at radius 1 is 1.36 bits per heavy atom. The normalized spacial score (nSPS) is 20.1. The van der Waals surface area contributed by atoms with Crippen molar-refractivity contribution in [2.75, 3.05) is 0 Å². The molecule has 1 atom stereocenters. The third-order valence-electron chi connectivity index (χ3n) is 2.65. The molecule has 1 N–H and O–H groups in total. The molecule has 74 valence electrons. The molecule has 14 heavy (non-hydrogen) atoms. The summed E-state index contributed by atoms with van der Waals surface area (Å²) in [5.74, 6) is 0.160. The maximum absolute atomic E-state index is 10.7. The third kappa shape index (κ3) is 1.79. The Labute approximate surface area is 84.3 Å². The molecule has 0 aliphatic carbocycles. The van der Waals surface area contributed by atoms with Crippen molar-refractivity contribution in [2.24, 2.45) is 0 Å². The fraction of sp³-hybridized carbons (Fsp3) is 0.417. The van der Waals surface area contributed by atoms with Crippen LogP contribution < -0.4 is 5.32 Å². The number of nitrogens with one attached hydrogen (secondary N) is 1. The molecule has 1 aromatic carbocycles. The van der Waals surface area contributed by atoms with Crippen LogP contribution >= 0.6 is 0 Å². The predicted molar refractivity (Wildman–Crippen MR) is 55.9 cm³/mol. The van der Waals surface area contributed by atoms with Gasteiger partial charge in [0.05, 0.1) is 12.5 Å². The van der Waals surface area contributed by atoms with E-state index >= 15 is 0 Å². The lowest BCUT2D eigenvalue weighted by Gasteiger charge is -2.27. The Kier molecular flexibility index (Phi) is 2.53. The van der Waals surface area contributed by atoms with Gasteiger partial charge in [-0.05, 0) is 17.5 Å². The second kappa shape index (κ2) is 3.82. The molecule has 2 nitrogen and oxygen atoms in total. The van der Waals surface area contributed by atoms with Gasteiger partial charge in [-0.3, -0.25) is 4.79 Å². The van der Waals surface area contributed by atoms with Crippen molar-refractivity contribution in [3.05, 3.63) is 35.4 Å². The minimum Gasteiger partial charge on any atom is -0.349 e. The average Bonchev–Trinajstić information content (AvgIpc) is 2.15. The Balaban J connectivity index is 2.03. The van der Waals surface area contributed by atoms with Gasteiger partial charge in [0, 0.05) is 0 Å². The van der Waals surface area contributed by atoms with Crippen LogP contribution in [0, 0.1) is 0 Å². The third-order valence-corrected chi connectivity index (χ3v) is 2.65. The van der Waals surface area contributed by atoms with Crippen LogP contribution in [0.2, 0.25) is 0 Å². The number of aryl methyl sites for hydroxylation is 1. The van der Waals surface area contributed by atoms with Crippen molar-refractivity contribution in [3.63, 3.8) is 0 Å². The largest absolute Gasteiger partial charge is 0.349 e. The minimum atomic E-state index is 0.160. The van der Waals surface area contributed by atoms with Gasteiger partial charge in [-0.2, -0.15) is 0 Å². The summed E-state index contributed by atoms with van der Waals surface area (Å²) in [6.07, 6.45) is 2.96. The monoisotopic (exact) mass is 189 g/mol. The minimum absolute atomic E-state index is 0.160. The Hall–Kier alpha value is -1.31. The molecule has 0 radical (unpaired) electrons. The van der Waals surface area contributed by atoms with E-state index in [0.29, 0.717) is 6.42 Å². The number of carbonyl (C=O) groups excluding carboxylic acids is 1. The molecule has 1 saturated heterocycles. The van der Waals surface area contributed by atoms with Crippen LogP contribution in [-0.4, -0.2) is 5.91 Å². The lowest BCUT2D eigenvalue weighted by molar-refractivity contribution is -0.128. The van der Waals surface area contributed by atoms with Gasteiger partial charge >= 0.3 is 0 Å². The van der Waals surface area contributed by atoms with E-state index in [-0.39, 0.29) is 11.9 Å². The number of β-lactam (4-membered cyclic amide) rings is 1. The molecule has 0 aromatic heterocycles. The van der Waals surface area contributed by atoms with Gasteiger partial charge in [-0.1, -0.05) is 37.6 Å². The zero-order valence-electron chi connectivity index (χ0n) is 8.42. The summed E-state index contributed by atoms with van der Waals surface area (Å²) in [6.45, 7) is 2.18. The van der Waals surface area contributed by atoms with E-state index in [2.05, 4.69) is 36.5 Å². The number of rotatable bonds is 3. The van der Waals surface area contributed by atoms with E-state index < -0.39 is 0 Å². The van der Waals surface area contributed by atoms with Crippen molar-refractivity contribution >= 4 is 5.91 Å². The molecule has 1 amide bonds. The molecule has 1 aliphatic rings. The number of amides is 1. The van der Waals surface area contributed by atoms with Crippen molar-refractivity contribution in [2.45, 2.75) is 32.2 Å². The summed E-state index contributed by atoms with van der Waals surface area (Å²) in [4.78, 5) is 10.7. The van der Waals surface area contributed by atoms with Crippen LogP contribution in [0.5, 0.6) is 0 Å². The number of benzene rings is 1. The first-order valence-corrected chi connectivity index (χ1v) is 5.18. The second-order valence-electron chi connectivity index (χ2n) is 3.82. The van der Waals surface area contributed by atoms with Gasteiger partial charge in [0.15, 0.2) is 0 Å². The van der Waals surface area contributed by atoms with Gasteiger partial charge in [-0.15, -0.1) is 0 Å². The van der Waals surface area contributed by atoms with Crippen molar-refractivity contribution in [1.29, 1.82) is 0 Å². The van der Waals surface area contributed by atoms with Crippen molar-refractivity contribution < 1.29 is 4.79 Å². The highest BCUT2D eigenvalue weighted by atomic mass is 16.2. The van der Waals surface area contributed by atoms with Crippen LogP contribution in [0.3, 0.4) is 0 Å². The van der Waals surface area contributed by atoms with Crippen LogP contribution in [0.1, 0.15) is 36.9 Å². The summed E-state index contributed by atoms with van der Waals surface area (Å²) in [5, 5.41) is 2.87. The first-order chi connectivity index (χ1) is 6.79. The summed E-state index contributed by atoms with van der Waals surface area (Å²) < 4.78 is 0. The maximum atomic E-state index is 10.7. The summed E-state index contributed by atoms with van der Waals surface area (Å²) >= 11 is 0. The standard InChI is InChI=1S/C12H15NO/c1-2-3-9-4-6-10(7-5-9)11-8-12(14)13-11/h4-7,11H,2-3,8H2,1H3,(H,13,14). The van der Waals surface area contributed by atoms with E-state index in [1.807, 2.05) is 0 Å². The Bertz CT molecular complexity index is 321. The zero-order chi connectivity index (χ0) is 9.97. The molecule has 2 heteroatoms. The van der Waals surface area contributed by atoms with Crippen molar-refractivity contribution in [3.8, 4) is 0 Å². The fourth-order valence-corrected chi connectivity index (χ4v) is 1.77. The molecule has 1 aromatic rings. The highest BCUT2D eigenvalue weighted by molar-refractivity contribution is 5.83. The first-order valence-electron chi connectivity index (χ1n) is 5.18. The number of hydrogen-bond donors (Lipinski definition) is 1. The second-order valence-corrected chi connectivity index (χ2v) is 3.82. The topological polar surface area (TPSA) is 29.1 Å². The molecule has 0 saturated carbocycles. The molecule has 1 unspecified atom stereocenters. The van der Waals surface area contributed by atoms with Gasteiger partial charge < -0.3 is 5.32 Å². The fourth-order valence-electron chi connectivity index (χ4n) is 1.77. The maximum Gasteiger partial charge on any atom is 0.222 e. The van der Waals surface area contributed by atoms with E-state index in [9.17, 15) is 4.79 Å². The van der Waals surface area contributed by atoms with Gasteiger partial charge in [-0.25, -0.2) is 0 Å². The highest BCUT2D eigenvalue weighted by Gasteiger charge is 2.26. The zero-order valence-corrected chi connectivity index (χ0v) is 8.42. The molecule has 0 spiro atoms. The van der Waals surface area contributed by atoms with E-state index in [0.717, 1.165) is 6.42 Å². The van der Waals surface area contributed by atoms with E-state index in [1.165, 1.54) is 17.5 Å². The van der Waals surface area contributed by atoms with E-state index in [4.69, 9.17) is 0 Å². The summed E-state index contributed by atoms with van der Waals surface area (Å²) in [7, 11) is 0. The Morgan fingerprint density at radius 2 is 2.00 bits per heavy atom. The smallest absolute Gasteiger partial charge is 0.222 e. The van der Waals surface area contributed by atoms with Gasteiger partial charge in [0.2, 0.25) is 5.91 Å². The molecule has 1 fully saturated rings. The SMILES string of the molecule is CCCc1ccc(C2CC(=O)N2)cc1. The lowest BCUT2D eigenvalue weighted by Crippen LogP contribution is -2.41.